The van der Waals surface area contributed by atoms with Crippen molar-refractivity contribution in [1.29, 1.82) is 0 Å². The number of hydrogen-bond donors (Lipinski definition) is 1. The van der Waals surface area contributed by atoms with Crippen LogP contribution in [-0.2, 0) is 4.74 Å². The Morgan fingerprint density at radius 1 is 1.42 bits per heavy atom. The van der Waals surface area contributed by atoms with Gasteiger partial charge in [0, 0.05) is 0 Å². The third-order valence-electron chi connectivity index (χ3n) is 2.81. The standard InChI is InChI=1S/C10H20O2/c1-7(2)9-5-4-8(3)10(6-11)12-9/h7-11H,4-6H2,1-3H3/t8-,9-,10-/m0/s1. The molecular formula is C10H20O2. The van der Waals surface area contributed by atoms with Crippen LogP contribution in [0.15, 0.2) is 0 Å². The highest BCUT2D eigenvalue weighted by atomic mass is 16.5. The Hall–Kier alpha value is -0.0800. The molecule has 2 nitrogen and oxygen atoms in total. The van der Waals surface area contributed by atoms with Gasteiger partial charge in [-0.25, -0.2) is 0 Å². The predicted octanol–water partition coefficient (Wildman–Crippen LogP) is 1.82. The number of hydrogen-bond acceptors (Lipinski definition) is 2. The first-order valence-electron chi connectivity index (χ1n) is 4.91. The molecule has 0 aromatic carbocycles. The van der Waals surface area contributed by atoms with Crippen LogP contribution in [0.4, 0.5) is 0 Å². The Balaban J connectivity index is 2.44. The molecule has 72 valence electrons. The molecule has 1 aliphatic heterocycles. The summed E-state index contributed by atoms with van der Waals surface area (Å²) in [4.78, 5) is 0. The molecule has 12 heavy (non-hydrogen) atoms. The molecule has 1 N–H and O–H groups in total. The summed E-state index contributed by atoms with van der Waals surface area (Å²) in [5.41, 5.74) is 0. The van der Waals surface area contributed by atoms with Crippen molar-refractivity contribution in [3.8, 4) is 0 Å². The monoisotopic (exact) mass is 172 g/mol. The van der Waals surface area contributed by atoms with Crippen LogP contribution in [0.2, 0.25) is 0 Å². The summed E-state index contributed by atoms with van der Waals surface area (Å²) in [6, 6.07) is 0. The maximum absolute atomic E-state index is 9.04. The minimum atomic E-state index is 0.0751. The van der Waals surface area contributed by atoms with E-state index in [9.17, 15) is 0 Å². The van der Waals surface area contributed by atoms with Crippen LogP contribution in [0.1, 0.15) is 33.6 Å². The highest BCUT2D eigenvalue weighted by molar-refractivity contribution is 4.77. The summed E-state index contributed by atoms with van der Waals surface area (Å²) >= 11 is 0. The van der Waals surface area contributed by atoms with Gasteiger partial charge < -0.3 is 9.84 Å². The van der Waals surface area contributed by atoms with E-state index in [1.54, 1.807) is 0 Å². The Morgan fingerprint density at radius 2 is 2.08 bits per heavy atom. The average Bonchev–Trinajstić information content (AvgIpc) is 2.05. The van der Waals surface area contributed by atoms with E-state index in [0.717, 1.165) is 6.42 Å². The lowest BCUT2D eigenvalue weighted by Crippen LogP contribution is -2.38. The van der Waals surface area contributed by atoms with E-state index in [1.807, 2.05) is 0 Å². The molecule has 1 heterocycles. The normalized spacial score (nSPS) is 37.2. The van der Waals surface area contributed by atoms with Gasteiger partial charge in [-0.05, 0) is 24.7 Å². The number of aliphatic hydroxyl groups is 1. The first-order valence-corrected chi connectivity index (χ1v) is 4.91. The van der Waals surface area contributed by atoms with Crippen LogP contribution in [0.3, 0.4) is 0 Å². The van der Waals surface area contributed by atoms with Crippen molar-refractivity contribution in [1.82, 2.24) is 0 Å². The smallest absolute Gasteiger partial charge is 0.0835 e. The van der Waals surface area contributed by atoms with Crippen molar-refractivity contribution in [2.75, 3.05) is 6.61 Å². The van der Waals surface area contributed by atoms with Crippen molar-refractivity contribution >= 4 is 0 Å². The second-order valence-electron chi connectivity index (χ2n) is 4.19. The lowest BCUT2D eigenvalue weighted by atomic mass is 9.90. The fraction of sp³-hybridized carbons (Fsp3) is 1.00. The minimum Gasteiger partial charge on any atom is -0.394 e. The van der Waals surface area contributed by atoms with Gasteiger partial charge in [0.25, 0.3) is 0 Å². The SMILES string of the molecule is CC(C)[C@@H]1CC[C@H](C)[C@H](CO)O1. The van der Waals surface area contributed by atoms with Crippen LogP contribution < -0.4 is 0 Å². The summed E-state index contributed by atoms with van der Waals surface area (Å²) in [5, 5.41) is 9.04. The van der Waals surface area contributed by atoms with Crippen molar-refractivity contribution in [3.63, 3.8) is 0 Å². The van der Waals surface area contributed by atoms with Crippen LogP contribution in [0.25, 0.3) is 0 Å². The van der Waals surface area contributed by atoms with Crippen LogP contribution in [-0.4, -0.2) is 23.9 Å². The van der Waals surface area contributed by atoms with Crippen LogP contribution >= 0.6 is 0 Å². The van der Waals surface area contributed by atoms with Gasteiger partial charge in [0.05, 0.1) is 18.8 Å². The summed E-state index contributed by atoms with van der Waals surface area (Å²) < 4.78 is 5.76. The third-order valence-corrected chi connectivity index (χ3v) is 2.81. The molecule has 2 heteroatoms. The van der Waals surface area contributed by atoms with E-state index in [1.165, 1.54) is 6.42 Å². The average molecular weight is 172 g/mol. The highest BCUT2D eigenvalue weighted by Crippen LogP contribution is 2.27. The molecule has 0 saturated carbocycles. The van der Waals surface area contributed by atoms with Crippen molar-refractivity contribution in [2.45, 2.75) is 45.8 Å². The molecule has 0 amide bonds. The van der Waals surface area contributed by atoms with E-state index >= 15 is 0 Å². The lowest BCUT2D eigenvalue weighted by molar-refractivity contribution is -0.115. The van der Waals surface area contributed by atoms with Gasteiger partial charge >= 0.3 is 0 Å². The second-order valence-corrected chi connectivity index (χ2v) is 4.19. The first-order chi connectivity index (χ1) is 5.65. The Morgan fingerprint density at radius 3 is 2.58 bits per heavy atom. The van der Waals surface area contributed by atoms with Gasteiger partial charge in [0.1, 0.15) is 0 Å². The molecule has 0 spiro atoms. The van der Waals surface area contributed by atoms with Gasteiger partial charge in [-0.3, -0.25) is 0 Å². The van der Waals surface area contributed by atoms with Gasteiger partial charge in [-0.15, -0.1) is 0 Å². The quantitative estimate of drug-likeness (QED) is 0.688. The number of ether oxygens (including phenoxy) is 1. The number of rotatable bonds is 2. The lowest BCUT2D eigenvalue weighted by Gasteiger charge is -2.35. The van der Waals surface area contributed by atoms with Crippen LogP contribution in [0, 0.1) is 11.8 Å². The van der Waals surface area contributed by atoms with E-state index < -0.39 is 0 Å². The zero-order valence-electron chi connectivity index (χ0n) is 8.29. The molecule has 1 rings (SSSR count). The summed E-state index contributed by atoms with van der Waals surface area (Å²) in [6.07, 6.45) is 2.77. The molecule has 0 aromatic heterocycles. The molecule has 1 aliphatic rings. The van der Waals surface area contributed by atoms with Crippen LogP contribution in [0.5, 0.6) is 0 Å². The summed E-state index contributed by atoms with van der Waals surface area (Å²) in [5.74, 6) is 1.09. The van der Waals surface area contributed by atoms with Gasteiger partial charge in [0.2, 0.25) is 0 Å². The Labute approximate surface area is 74.9 Å². The maximum atomic E-state index is 9.04. The minimum absolute atomic E-state index is 0.0751. The molecule has 0 radical (unpaired) electrons. The van der Waals surface area contributed by atoms with Crippen molar-refractivity contribution in [2.24, 2.45) is 11.8 Å². The van der Waals surface area contributed by atoms with E-state index in [4.69, 9.17) is 9.84 Å². The zero-order chi connectivity index (χ0) is 9.14. The molecule has 0 aromatic rings. The topological polar surface area (TPSA) is 29.5 Å². The Kier molecular flexibility index (Phi) is 3.53. The molecule has 3 atom stereocenters. The van der Waals surface area contributed by atoms with E-state index in [2.05, 4.69) is 20.8 Å². The summed E-state index contributed by atoms with van der Waals surface area (Å²) in [6.45, 7) is 6.67. The molecule has 0 aliphatic carbocycles. The molecule has 1 saturated heterocycles. The molecule has 0 bridgehead atoms. The zero-order valence-corrected chi connectivity index (χ0v) is 8.29. The molecular weight excluding hydrogens is 152 g/mol. The van der Waals surface area contributed by atoms with Gasteiger partial charge in [0.15, 0.2) is 0 Å². The number of aliphatic hydroxyl groups excluding tert-OH is 1. The van der Waals surface area contributed by atoms with E-state index in [0.29, 0.717) is 17.9 Å². The predicted molar refractivity (Wildman–Crippen MR) is 49.0 cm³/mol. The molecule has 0 unspecified atom stereocenters. The third kappa shape index (κ3) is 2.20. The van der Waals surface area contributed by atoms with Gasteiger partial charge in [-0.1, -0.05) is 20.8 Å². The van der Waals surface area contributed by atoms with E-state index in [-0.39, 0.29) is 12.7 Å². The second kappa shape index (κ2) is 4.24. The highest BCUT2D eigenvalue weighted by Gasteiger charge is 2.29. The van der Waals surface area contributed by atoms with Crippen molar-refractivity contribution < 1.29 is 9.84 Å². The molecule has 1 fully saturated rings. The summed E-state index contributed by atoms with van der Waals surface area (Å²) in [7, 11) is 0. The fourth-order valence-corrected chi connectivity index (χ4v) is 1.75. The largest absolute Gasteiger partial charge is 0.394 e. The van der Waals surface area contributed by atoms with Crippen molar-refractivity contribution in [3.05, 3.63) is 0 Å². The van der Waals surface area contributed by atoms with Gasteiger partial charge in [-0.2, -0.15) is 0 Å². The Bertz CT molecular complexity index is 134. The maximum Gasteiger partial charge on any atom is 0.0835 e. The fourth-order valence-electron chi connectivity index (χ4n) is 1.75. The first kappa shape index (κ1) is 10.0.